The zero-order chi connectivity index (χ0) is 26.2. The van der Waals surface area contributed by atoms with Crippen molar-refractivity contribution in [3.05, 3.63) is 113 Å². The van der Waals surface area contributed by atoms with Crippen LogP contribution in [0.3, 0.4) is 0 Å². The summed E-state index contributed by atoms with van der Waals surface area (Å²) in [5.74, 6) is 0.144. The summed E-state index contributed by atoms with van der Waals surface area (Å²) < 4.78 is 6.19. The second-order valence-corrected chi connectivity index (χ2v) is 8.83. The van der Waals surface area contributed by atoms with Crippen LogP contribution in [0.1, 0.15) is 34.2 Å². The normalized spacial score (nSPS) is 9.87. The molecular formula is C27H32BN6O3W-5. The topological polar surface area (TPSA) is 128 Å². The first kappa shape index (κ1) is 32.4. The van der Waals surface area contributed by atoms with Gasteiger partial charge in [0.05, 0.1) is 17.1 Å². The molecule has 0 N–H and O–H groups in total. The number of nitrogens with zero attached hydrogens (tertiary/aromatic N) is 6. The maximum absolute atomic E-state index is 10.3. The van der Waals surface area contributed by atoms with Crippen LogP contribution in [0.4, 0.5) is 0 Å². The quantitative estimate of drug-likeness (QED) is 0.270. The van der Waals surface area contributed by atoms with Crippen molar-refractivity contribution in [1.82, 2.24) is 29.1 Å². The van der Waals surface area contributed by atoms with E-state index in [4.69, 9.17) is 15.3 Å². The average molecular weight is 683 g/mol. The van der Waals surface area contributed by atoms with Gasteiger partial charge in [-0.15, -0.1) is 11.5 Å². The Morgan fingerprint density at radius 3 is 0.947 bits per heavy atom. The van der Waals surface area contributed by atoms with Gasteiger partial charge in [0.15, 0.2) is 0 Å². The van der Waals surface area contributed by atoms with Gasteiger partial charge >= 0.3 is 7.12 Å². The Bertz CT molecular complexity index is 1240. The second-order valence-electron chi connectivity index (χ2n) is 8.83. The molecule has 202 valence electrons. The number of rotatable bonds is 3. The first-order valence-corrected chi connectivity index (χ1v) is 11.9. The smallest absolute Gasteiger partial charge is 0.326 e. The van der Waals surface area contributed by atoms with Crippen molar-refractivity contribution in [2.24, 2.45) is 0 Å². The summed E-state index contributed by atoms with van der Waals surface area (Å²) in [7, 11) is -1.26. The predicted molar refractivity (Wildman–Crippen MR) is 141 cm³/mol. The van der Waals surface area contributed by atoms with Crippen LogP contribution in [0.15, 0.2) is 78.9 Å². The van der Waals surface area contributed by atoms with E-state index in [1.807, 2.05) is 32.9 Å². The summed E-state index contributed by atoms with van der Waals surface area (Å²) >= 11 is 0. The molecule has 3 heterocycles. The minimum atomic E-state index is -1.26. The third-order valence-corrected chi connectivity index (χ3v) is 5.60. The number of para-hydroxylation sites is 2. The van der Waals surface area contributed by atoms with Crippen molar-refractivity contribution in [3.8, 4) is 11.5 Å². The fourth-order valence-corrected chi connectivity index (χ4v) is 4.11. The summed E-state index contributed by atoms with van der Waals surface area (Å²) in [6.45, 7) is 12.3. The monoisotopic (exact) mass is 683 g/mol. The SMILES string of the molecule is Cc1cc(C)n([BH-](n2nc(C)cc2C)n2nc(C)cc2C)n1.[O-2].[O-]c1ccccc1.[O-]c1ccccc1.[W]. The molecule has 2 aromatic carbocycles. The van der Waals surface area contributed by atoms with E-state index in [1.165, 1.54) is 24.3 Å². The van der Waals surface area contributed by atoms with E-state index in [2.05, 4.69) is 52.7 Å². The molecule has 3 aromatic heterocycles. The third-order valence-electron chi connectivity index (χ3n) is 5.60. The van der Waals surface area contributed by atoms with Gasteiger partial charge in [-0.25, -0.2) is 15.3 Å². The van der Waals surface area contributed by atoms with Gasteiger partial charge in [0, 0.05) is 21.1 Å². The predicted octanol–water partition coefficient (Wildman–Crippen LogP) is 3.19. The van der Waals surface area contributed by atoms with Crippen molar-refractivity contribution in [2.45, 2.75) is 41.5 Å². The van der Waals surface area contributed by atoms with Gasteiger partial charge in [0.2, 0.25) is 0 Å². The number of benzene rings is 2. The van der Waals surface area contributed by atoms with Crippen LogP contribution in [-0.2, 0) is 26.5 Å². The summed E-state index contributed by atoms with van der Waals surface area (Å²) in [4.78, 5) is 0. The zero-order valence-electron chi connectivity index (χ0n) is 22.5. The molecule has 5 aromatic rings. The molecule has 0 bridgehead atoms. The van der Waals surface area contributed by atoms with Crippen LogP contribution in [0.5, 0.6) is 11.5 Å². The molecule has 5 rings (SSSR count). The van der Waals surface area contributed by atoms with Crippen molar-refractivity contribution < 1.29 is 36.8 Å². The Hall–Kier alpha value is -3.62. The van der Waals surface area contributed by atoms with Gasteiger partial charge in [-0.1, -0.05) is 60.7 Å². The Morgan fingerprint density at radius 1 is 0.526 bits per heavy atom. The minimum Gasteiger partial charge on any atom is -2.00 e. The van der Waals surface area contributed by atoms with Gasteiger partial charge in [0.1, 0.15) is 0 Å². The van der Waals surface area contributed by atoms with Crippen LogP contribution in [0.25, 0.3) is 0 Å². The van der Waals surface area contributed by atoms with E-state index < -0.39 is 7.12 Å². The number of aromatic nitrogens is 6. The van der Waals surface area contributed by atoms with E-state index in [9.17, 15) is 10.2 Å². The number of aryl methyl sites for hydroxylation is 6. The summed E-state index contributed by atoms with van der Waals surface area (Å²) in [6.07, 6.45) is 0. The molecule has 11 heteroatoms. The molecule has 9 nitrogen and oxygen atoms in total. The summed E-state index contributed by atoms with van der Waals surface area (Å²) in [6, 6.07) is 22.9. The van der Waals surface area contributed by atoms with Crippen molar-refractivity contribution in [2.75, 3.05) is 0 Å². The van der Waals surface area contributed by atoms with Crippen LogP contribution in [0, 0.1) is 41.5 Å². The Balaban J connectivity index is 0.000000371. The first-order chi connectivity index (χ1) is 17.2. The first-order valence-electron chi connectivity index (χ1n) is 11.9. The molecule has 0 saturated heterocycles. The molecule has 0 aliphatic heterocycles. The third kappa shape index (κ3) is 8.75. The van der Waals surface area contributed by atoms with Gasteiger partial charge < -0.3 is 29.5 Å². The molecule has 0 aliphatic rings. The molecule has 0 radical (unpaired) electrons. The molecule has 0 fully saturated rings. The Kier molecular flexibility index (Phi) is 12.8. The molecule has 0 amide bonds. The second kappa shape index (κ2) is 15.0. The largest absolute Gasteiger partial charge is 2.00 e. The van der Waals surface area contributed by atoms with Gasteiger partial charge in [-0.3, -0.25) is 0 Å². The summed E-state index contributed by atoms with van der Waals surface area (Å²) in [5, 5.41) is 34.6. The van der Waals surface area contributed by atoms with E-state index in [0.29, 0.717) is 0 Å². The molecule has 0 unspecified atom stereocenters. The van der Waals surface area contributed by atoms with Crippen LogP contribution >= 0.6 is 0 Å². The van der Waals surface area contributed by atoms with E-state index in [-0.39, 0.29) is 38.0 Å². The molecule has 38 heavy (non-hydrogen) atoms. The fraction of sp³-hybridized carbons (Fsp3) is 0.222. The summed E-state index contributed by atoms with van der Waals surface area (Å²) in [5.41, 5.74) is 6.40. The van der Waals surface area contributed by atoms with Crippen molar-refractivity contribution in [1.29, 1.82) is 0 Å². The molecule has 0 atom stereocenters. The van der Waals surface area contributed by atoms with Crippen molar-refractivity contribution in [3.63, 3.8) is 0 Å². The standard InChI is InChI=1S/C15H22BN6.2C6H6O.O.W/c1-10-7-13(4)20(17-10)16(21-14(5)8-11(2)18-21)22-15(6)9-12(3)19-22;2*7-6-4-2-1-3-5-6;;/h7-9,16H,1-6H3;2*1-5,7H;;/q-1;;;-2;/p-2. The van der Waals surface area contributed by atoms with Crippen molar-refractivity contribution >= 4 is 7.12 Å². The van der Waals surface area contributed by atoms with Gasteiger partial charge in [0.25, 0.3) is 0 Å². The van der Waals surface area contributed by atoms with Crippen LogP contribution in [-0.4, -0.2) is 36.2 Å². The van der Waals surface area contributed by atoms with E-state index in [0.717, 1.165) is 34.2 Å². The maximum Gasteiger partial charge on any atom is 0.326 e. The minimum absolute atomic E-state index is 0. The Labute approximate surface area is 238 Å². The zero-order valence-corrected chi connectivity index (χ0v) is 25.5. The van der Waals surface area contributed by atoms with Crippen LogP contribution in [0.2, 0.25) is 0 Å². The fourth-order valence-electron chi connectivity index (χ4n) is 4.11. The number of hydrogen-bond acceptors (Lipinski definition) is 5. The Morgan fingerprint density at radius 2 is 0.789 bits per heavy atom. The van der Waals surface area contributed by atoms with E-state index >= 15 is 0 Å². The van der Waals surface area contributed by atoms with Gasteiger partial charge in [-0.05, 0) is 76.8 Å². The molecular weight excluding hydrogens is 651 g/mol. The average Bonchev–Trinajstić information content (AvgIpc) is 3.46. The number of hydrogen-bond donors (Lipinski definition) is 0. The maximum atomic E-state index is 10.3. The molecule has 0 spiro atoms. The van der Waals surface area contributed by atoms with E-state index in [1.54, 1.807) is 24.3 Å². The van der Waals surface area contributed by atoms with Gasteiger partial charge in [-0.2, -0.15) is 0 Å². The molecule has 0 saturated carbocycles. The van der Waals surface area contributed by atoms with Crippen LogP contribution < -0.4 is 10.2 Å². The molecule has 0 aliphatic carbocycles.